The Bertz CT molecular complexity index is 1020. The van der Waals surface area contributed by atoms with Crippen molar-refractivity contribution in [2.75, 3.05) is 0 Å². The zero-order valence-electron chi connectivity index (χ0n) is 19.1. The standard InChI is InChI=1S/C26H31NO6/c1-25(2)19(13-14-26(25,3)24(32)33)22(29)27-20(23(30)31)15-16-9-11-18(12-10-16)21(28)17-7-5-4-6-8-17/h4-12,19-21,28H,13-15H2,1-3H3,(H,27,29)(H,30,31)(H,32,33)/t19?,20-,21?,26-/m0/s1. The van der Waals surface area contributed by atoms with Crippen LogP contribution in [-0.2, 0) is 20.8 Å². The summed E-state index contributed by atoms with van der Waals surface area (Å²) < 4.78 is 0. The van der Waals surface area contributed by atoms with Crippen LogP contribution in [0, 0.1) is 16.7 Å². The van der Waals surface area contributed by atoms with Crippen LogP contribution in [-0.4, -0.2) is 39.2 Å². The van der Waals surface area contributed by atoms with Gasteiger partial charge in [-0.25, -0.2) is 4.79 Å². The van der Waals surface area contributed by atoms with Gasteiger partial charge in [-0.15, -0.1) is 0 Å². The summed E-state index contributed by atoms with van der Waals surface area (Å²) in [4.78, 5) is 36.6. The minimum absolute atomic E-state index is 0.0755. The molecule has 2 unspecified atom stereocenters. The van der Waals surface area contributed by atoms with Gasteiger partial charge in [0, 0.05) is 12.3 Å². The van der Waals surface area contributed by atoms with Crippen molar-refractivity contribution in [3.05, 3.63) is 71.3 Å². The summed E-state index contributed by atoms with van der Waals surface area (Å²) in [7, 11) is 0. The van der Waals surface area contributed by atoms with Crippen LogP contribution in [0.25, 0.3) is 0 Å². The molecule has 33 heavy (non-hydrogen) atoms. The lowest BCUT2D eigenvalue weighted by Gasteiger charge is -2.38. The Balaban J connectivity index is 1.70. The lowest BCUT2D eigenvalue weighted by molar-refractivity contribution is -0.155. The molecular weight excluding hydrogens is 422 g/mol. The van der Waals surface area contributed by atoms with Gasteiger partial charge in [-0.1, -0.05) is 68.4 Å². The van der Waals surface area contributed by atoms with Crippen LogP contribution in [0.1, 0.15) is 56.4 Å². The summed E-state index contributed by atoms with van der Waals surface area (Å²) >= 11 is 0. The number of benzene rings is 2. The number of amides is 1. The van der Waals surface area contributed by atoms with Crippen molar-refractivity contribution < 1.29 is 29.7 Å². The van der Waals surface area contributed by atoms with E-state index in [2.05, 4.69) is 5.32 Å². The van der Waals surface area contributed by atoms with Gasteiger partial charge >= 0.3 is 11.9 Å². The molecule has 0 aliphatic heterocycles. The molecule has 2 aromatic rings. The second-order valence-corrected chi connectivity index (χ2v) is 9.61. The lowest BCUT2D eigenvalue weighted by Crippen LogP contribution is -2.49. The number of hydrogen-bond donors (Lipinski definition) is 4. The van der Waals surface area contributed by atoms with Crippen LogP contribution in [0.2, 0.25) is 0 Å². The van der Waals surface area contributed by atoms with E-state index in [1.807, 2.05) is 30.3 Å². The fourth-order valence-electron chi connectivity index (χ4n) is 4.71. The van der Waals surface area contributed by atoms with Gasteiger partial charge < -0.3 is 20.6 Å². The SMILES string of the molecule is CC1(C)C(C(=O)N[C@@H](Cc2ccc(C(O)c3ccccc3)cc2)C(=O)O)CC[C@@]1(C)C(=O)O. The molecule has 0 saturated heterocycles. The molecule has 1 saturated carbocycles. The Labute approximate surface area is 193 Å². The molecule has 0 radical (unpaired) electrons. The molecule has 4 atom stereocenters. The first-order valence-electron chi connectivity index (χ1n) is 11.1. The summed E-state index contributed by atoms with van der Waals surface area (Å²) in [5.74, 6) is -3.14. The Morgan fingerprint density at radius 3 is 2.06 bits per heavy atom. The number of carboxylic acids is 2. The van der Waals surface area contributed by atoms with E-state index in [1.54, 1.807) is 45.0 Å². The molecule has 1 amide bonds. The van der Waals surface area contributed by atoms with Crippen molar-refractivity contribution >= 4 is 17.8 Å². The second-order valence-electron chi connectivity index (χ2n) is 9.61. The predicted molar refractivity (Wildman–Crippen MR) is 122 cm³/mol. The van der Waals surface area contributed by atoms with Crippen molar-refractivity contribution in [1.29, 1.82) is 0 Å². The van der Waals surface area contributed by atoms with E-state index >= 15 is 0 Å². The van der Waals surface area contributed by atoms with Crippen LogP contribution >= 0.6 is 0 Å². The van der Waals surface area contributed by atoms with Gasteiger partial charge in [-0.2, -0.15) is 0 Å². The Hall–Kier alpha value is -3.19. The summed E-state index contributed by atoms with van der Waals surface area (Å²) in [6, 6.07) is 15.0. The Morgan fingerprint density at radius 2 is 1.55 bits per heavy atom. The Morgan fingerprint density at radius 1 is 0.970 bits per heavy atom. The topological polar surface area (TPSA) is 124 Å². The van der Waals surface area contributed by atoms with E-state index in [4.69, 9.17) is 0 Å². The highest BCUT2D eigenvalue weighted by molar-refractivity contribution is 5.87. The molecule has 0 spiro atoms. The normalized spacial score (nSPS) is 23.5. The first kappa shape index (κ1) is 24.5. The number of aliphatic carboxylic acids is 2. The molecule has 1 aliphatic carbocycles. The van der Waals surface area contributed by atoms with Gasteiger partial charge in [0.05, 0.1) is 5.41 Å². The zero-order valence-corrected chi connectivity index (χ0v) is 19.1. The van der Waals surface area contributed by atoms with Crippen molar-refractivity contribution in [3.8, 4) is 0 Å². The molecule has 4 N–H and O–H groups in total. The number of carbonyl (C=O) groups is 3. The smallest absolute Gasteiger partial charge is 0.326 e. The van der Waals surface area contributed by atoms with Crippen LogP contribution in [0.15, 0.2) is 54.6 Å². The van der Waals surface area contributed by atoms with Gasteiger partial charge in [-0.05, 0) is 41.9 Å². The van der Waals surface area contributed by atoms with E-state index in [0.717, 1.165) is 5.56 Å². The van der Waals surface area contributed by atoms with Crippen LogP contribution in [0.3, 0.4) is 0 Å². The number of aliphatic hydroxyl groups excluding tert-OH is 1. The van der Waals surface area contributed by atoms with Gasteiger partial charge in [0.15, 0.2) is 0 Å². The molecule has 7 heteroatoms. The maximum Gasteiger partial charge on any atom is 0.326 e. The zero-order chi connectivity index (χ0) is 24.4. The maximum absolute atomic E-state index is 13.0. The molecule has 7 nitrogen and oxygen atoms in total. The molecule has 1 aliphatic rings. The number of carboxylic acid groups (broad SMARTS) is 2. The summed E-state index contributed by atoms with van der Waals surface area (Å²) in [6.07, 6.45) is 0.0334. The number of rotatable bonds is 8. The molecule has 1 fully saturated rings. The second kappa shape index (κ2) is 9.35. The van der Waals surface area contributed by atoms with E-state index in [1.165, 1.54) is 0 Å². The predicted octanol–water partition coefficient (Wildman–Crippen LogP) is 3.41. The summed E-state index contributed by atoms with van der Waals surface area (Å²) in [5, 5.41) is 32.5. The largest absolute Gasteiger partial charge is 0.481 e. The van der Waals surface area contributed by atoms with Gasteiger partial charge in [0.1, 0.15) is 12.1 Å². The average Bonchev–Trinajstić information content (AvgIpc) is 3.03. The van der Waals surface area contributed by atoms with Gasteiger partial charge in [0.2, 0.25) is 5.91 Å². The van der Waals surface area contributed by atoms with Crippen LogP contribution < -0.4 is 5.32 Å². The Kier molecular flexibility index (Phi) is 6.93. The summed E-state index contributed by atoms with van der Waals surface area (Å²) in [5.41, 5.74) is 0.271. The molecule has 176 valence electrons. The number of nitrogens with one attached hydrogen (secondary N) is 1. The van der Waals surface area contributed by atoms with E-state index in [-0.39, 0.29) is 6.42 Å². The highest BCUT2D eigenvalue weighted by atomic mass is 16.4. The molecule has 0 bridgehead atoms. The van der Waals surface area contributed by atoms with Gasteiger partial charge in [0.25, 0.3) is 0 Å². The highest BCUT2D eigenvalue weighted by Gasteiger charge is 2.58. The number of carbonyl (C=O) groups excluding carboxylic acids is 1. The van der Waals surface area contributed by atoms with Crippen molar-refractivity contribution in [1.82, 2.24) is 5.32 Å². The fraction of sp³-hybridized carbons (Fsp3) is 0.423. The number of aliphatic hydroxyl groups is 1. The maximum atomic E-state index is 13.0. The molecule has 3 rings (SSSR count). The average molecular weight is 454 g/mol. The minimum atomic E-state index is -1.16. The third kappa shape index (κ3) is 4.78. The van der Waals surface area contributed by atoms with E-state index in [9.17, 15) is 29.7 Å². The monoisotopic (exact) mass is 453 g/mol. The van der Waals surface area contributed by atoms with E-state index < -0.39 is 46.7 Å². The minimum Gasteiger partial charge on any atom is -0.481 e. The van der Waals surface area contributed by atoms with Crippen molar-refractivity contribution in [2.24, 2.45) is 16.7 Å². The number of hydrogen-bond acceptors (Lipinski definition) is 4. The van der Waals surface area contributed by atoms with Crippen molar-refractivity contribution in [3.63, 3.8) is 0 Å². The first-order valence-corrected chi connectivity index (χ1v) is 11.1. The van der Waals surface area contributed by atoms with Crippen LogP contribution in [0.4, 0.5) is 0 Å². The molecule has 0 heterocycles. The van der Waals surface area contributed by atoms with Crippen LogP contribution in [0.5, 0.6) is 0 Å². The quantitative estimate of drug-likeness (QED) is 0.486. The van der Waals surface area contributed by atoms with Gasteiger partial charge in [-0.3, -0.25) is 9.59 Å². The first-order chi connectivity index (χ1) is 15.5. The molecule has 0 aromatic heterocycles. The molecule has 2 aromatic carbocycles. The lowest BCUT2D eigenvalue weighted by atomic mass is 9.65. The fourth-order valence-corrected chi connectivity index (χ4v) is 4.71. The van der Waals surface area contributed by atoms with Crippen molar-refractivity contribution in [2.45, 2.75) is 52.2 Å². The molecular formula is C26H31NO6. The van der Waals surface area contributed by atoms with E-state index in [0.29, 0.717) is 24.0 Å². The third-order valence-corrected chi connectivity index (χ3v) is 7.48. The third-order valence-electron chi connectivity index (χ3n) is 7.48. The highest BCUT2D eigenvalue weighted by Crippen LogP contribution is 2.56. The summed E-state index contributed by atoms with van der Waals surface area (Å²) in [6.45, 7) is 5.15.